The van der Waals surface area contributed by atoms with Crippen LogP contribution >= 0.6 is 0 Å². The van der Waals surface area contributed by atoms with Crippen molar-refractivity contribution in [3.63, 3.8) is 0 Å². The van der Waals surface area contributed by atoms with E-state index < -0.39 is 0 Å². The standard InChI is InChI=1S/C11H12/c1-3-9-6-10-5-4-8(2)11(10)7-9/h4-7H,3H2,1-2H3. The third-order valence-electron chi connectivity index (χ3n) is 2.33. The molecule has 2 rings (SSSR count). The highest BCUT2D eigenvalue weighted by molar-refractivity contribution is 5.65. The average Bonchev–Trinajstić information content (AvgIpc) is 2.53. The highest BCUT2D eigenvalue weighted by atomic mass is 14.2. The summed E-state index contributed by atoms with van der Waals surface area (Å²) in [4.78, 5) is 0. The molecule has 0 aromatic carbocycles. The van der Waals surface area contributed by atoms with E-state index in [2.05, 4.69) is 38.2 Å². The molecule has 0 heterocycles. The average molecular weight is 144 g/mol. The van der Waals surface area contributed by atoms with Crippen LogP contribution in [-0.2, 0) is 0 Å². The lowest BCUT2D eigenvalue weighted by Crippen LogP contribution is -1.76. The molecule has 0 fully saturated rings. The summed E-state index contributed by atoms with van der Waals surface area (Å²) in [5, 5.41) is 0. The van der Waals surface area contributed by atoms with Gasteiger partial charge in [0.1, 0.15) is 0 Å². The largest absolute Gasteiger partial charge is 0.0613 e. The molecule has 0 radical (unpaired) electrons. The van der Waals surface area contributed by atoms with E-state index in [0.717, 1.165) is 6.42 Å². The van der Waals surface area contributed by atoms with Crippen LogP contribution in [0.15, 0.2) is 46.6 Å². The highest BCUT2D eigenvalue weighted by Gasteiger charge is 2.15. The van der Waals surface area contributed by atoms with E-state index in [1.54, 1.807) is 0 Å². The van der Waals surface area contributed by atoms with Crippen LogP contribution in [0.1, 0.15) is 20.3 Å². The van der Waals surface area contributed by atoms with Crippen molar-refractivity contribution < 1.29 is 0 Å². The van der Waals surface area contributed by atoms with Gasteiger partial charge in [-0.1, -0.05) is 31.2 Å². The molecule has 0 heteroatoms. The third kappa shape index (κ3) is 0.900. The molecule has 0 saturated heterocycles. The molecule has 2 aliphatic carbocycles. The molecule has 0 atom stereocenters. The summed E-state index contributed by atoms with van der Waals surface area (Å²) in [5.41, 5.74) is 5.69. The van der Waals surface area contributed by atoms with E-state index >= 15 is 0 Å². The first-order valence-electron chi connectivity index (χ1n) is 4.13. The summed E-state index contributed by atoms with van der Waals surface area (Å²) < 4.78 is 0. The fourth-order valence-corrected chi connectivity index (χ4v) is 1.58. The van der Waals surface area contributed by atoms with Gasteiger partial charge in [0.25, 0.3) is 0 Å². The summed E-state index contributed by atoms with van der Waals surface area (Å²) >= 11 is 0. The molecule has 2 aliphatic rings. The summed E-state index contributed by atoms with van der Waals surface area (Å²) in [5.74, 6) is 0. The Morgan fingerprint density at radius 3 is 2.64 bits per heavy atom. The Morgan fingerprint density at radius 2 is 2.00 bits per heavy atom. The van der Waals surface area contributed by atoms with Crippen molar-refractivity contribution in [1.29, 1.82) is 0 Å². The maximum absolute atomic E-state index is 2.30. The normalized spacial score (nSPS) is 20.5. The van der Waals surface area contributed by atoms with Crippen LogP contribution in [0.5, 0.6) is 0 Å². The fraction of sp³-hybridized carbons (Fsp3) is 0.273. The maximum Gasteiger partial charge on any atom is -0.0152 e. The van der Waals surface area contributed by atoms with Crippen LogP contribution in [-0.4, -0.2) is 0 Å². The van der Waals surface area contributed by atoms with Gasteiger partial charge in [0.05, 0.1) is 0 Å². The fourth-order valence-electron chi connectivity index (χ4n) is 1.58. The van der Waals surface area contributed by atoms with Crippen molar-refractivity contribution in [2.75, 3.05) is 0 Å². The van der Waals surface area contributed by atoms with E-state index in [4.69, 9.17) is 0 Å². The van der Waals surface area contributed by atoms with Crippen molar-refractivity contribution in [1.82, 2.24) is 0 Å². The van der Waals surface area contributed by atoms with Crippen molar-refractivity contribution in [3.05, 3.63) is 46.6 Å². The lowest BCUT2D eigenvalue weighted by Gasteiger charge is -1.94. The first kappa shape index (κ1) is 6.66. The molecule has 0 aromatic rings. The number of fused-ring (bicyclic) bond motifs is 1. The lowest BCUT2D eigenvalue weighted by atomic mass is 10.1. The Balaban J connectivity index is 2.38. The maximum atomic E-state index is 2.30. The van der Waals surface area contributed by atoms with Gasteiger partial charge in [-0.3, -0.25) is 0 Å². The summed E-state index contributed by atoms with van der Waals surface area (Å²) in [7, 11) is 0. The van der Waals surface area contributed by atoms with Crippen LogP contribution in [0.4, 0.5) is 0 Å². The van der Waals surface area contributed by atoms with Crippen molar-refractivity contribution >= 4 is 0 Å². The minimum atomic E-state index is 1.15. The first-order valence-corrected chi connectivity index (χ1v) is 4.13. The second kappa shape index (κ2) is 2.23. The van der Waals surface area contributed by atoms with Crippen molar-refractivity contribution in [3.8, 4) is 0 Å². The molecule has 0 N–H and O–H groups in total. The van der Waals surface area contributed by atoms with Gasteiger partial charge >= 0.3 is 0 Å². The lowest BCUT2D eigenvalue weighted by molar-refractivity contribution is 1.16. The number of hydrogen-bond donors (Lipinski definition) is 0. The van der Waals surface area contributed by atoms with Gasteiger partial charge in [0.2, 0.25) is 0 Å². The molecule has 0 amide bonds. The minimum absolute atomic E-state index is 1.15. The Labute approximate surface area is 67.6 Å². The molecule has 0 saturated carbocycles. The minimum Gasteiger partial charge on any atom is -0.0613 e. The second-order valence-corrected chi connectivity index (χ2v) is 3.10. The summed E-state index contributed by atoms with van der Waals surface area (Å²) in [6.07, 6.45) is 10.1. The van der Waals surface area contributed by atoms with Gasteiger partial charge in [-0.15, -0.1) is 0 Å². The van der Waals surface area contributed by atoms with Crippen LogP contribution < -0.4 is 0 Å². The molecule has 0 aliphatic heterocycles. The molecule has 0 aromatic heterocycles. The molecule has 0 nitrogen and oxygen atoms in total. The summed E-state index contributed by atoms with van der Waals surface area (Å²) in [6.45, 7) is 4.37. The molecular formula is C11H12. The Hall–Kier alpha value is -1.04. The molecule has 0 bridgehead atoms. The molecule has 0 unspecified atom stereocenters. The zero-order valence-corrected chi connectivity index (χ0v) is 7.02. The molecule has 11 heavy (non-hydrogen) atoms. The van der Waals surface area contributed by atoms with Gasteiger partial charge in [0, 0.05) is 0 Å². The number of allylic oxidation sites excluding steroid dienone is 8. The molecular weight excluding hydrogens is 132 g/mol. The van der Waals surface area contributed by atoms with Crippen molar-refractivity contribution in [2.24, 2.45) is 0 Å². The van der Waals surface area contributed by atoms with Crippen LogP contribution in [0.2, 0.25) is 0 Å². The quantitative estimate of drug-likeness (QED) is 0.530. The topological polar surface area (TPSA) is 0 Å². The van der Waals surface area contributed by atoms with Crippen LogP contribution in [0, 0.1) is 0 Å². The predicted molar refractivity (Wildman–Crippen MR) is 48.3 cm³/mol. The van der Waals surface area contributed by atoms with E-state index in [1.807, 2.05) is 0 Å². The first-order chi connectivity index (χ1) is 5.31. The second-order valence-electron chi connectivity index (χ2n) is 3.10. The van der Waals surface area contributed by atoms with Gasteiger partial charge in [-0.05, 0) is 35.6 Å². The zero-order valence-electron chi connectivity index (χ0n) is 7.02. The van der Waals surface area contributed by atoms with Crippen molar-refractivity contribution in [2.45, 2.75) is 20.3 Å². The predicted octanol–water partition coefficient (Wildman–Crippen LogP) is 3.15. The molecule has 0 spiro atoms. The highest BCUT2D eigenvalue weighted by Crippen LogP contribution is 2.34. The Kier molecular flexibility index (Phi) is 1.35. The van der Waals surface area contributed by atoms with Crippen LogP contribution in [0.3, 0.4) is 0 Å². The van der Waals surface area contributed by atoms with Gasteiger partial charge < -0.3 is 0 Å². The van der Waals surface area contributed by atoms with Gasteiger partial charge in [0.15, 0.2) is 0 Å². The van der Waals surface area contributed by atoms with Gasteiger partial charge in [-0.25, -0.2) is 0 Å². The number of hydrogen-bond acceptors (Lipinski definition) is 0. The molecule has 56 valence electrons. The van der Waals surface area contributed by atoms with E-state index in [-0.39, 0.29) is 0 Å². The SMILES string of the molecule is CCC1=CC2=CC=C(C)C2=C1. The van der Waals surface area contributed by atoms with Gasteiger partial charge in [-0.2, -0.15) is 0 Å². The Bertz CT molecular complexity index is 309. The van der Waals surface area contributed by atoms with Crippen LogP contribution in [0.25, 0.3) is 0 Å². The monoisotopic (exact) mass is 144 g/mol. The number of rotatable bonds is 1. The Morgan fingerprint density at radius 1 is 1.18 bits per heavy atom. The summed E-state index contributed by atoms with van der Waals surface area (Å²) in [6, 6.07) is 0. The van der Waals surface area contributed by atoms with E-state index in [9.17, 15) is 0 Å². The van der Waals surface area contributed by atoms with E-state index in [1.165, 1.54) is 22.3 Å². The zero-order chi connectivity index (χ0) is 7.84. The third-order valence-corrected chi connectivity index (χ3v) is 2.33. The van der Waals surface area contributed by atoms with E-state index in [0.29, 0.717) is 0 Å². The smallest absolute Gasteiger partial charge is 0.0152 e.